The van der Waals surface area contributed by atoms with E-state index in [1.54, 1.807) is 6.07 Å². The molecule has 1 aliphatic carbocycles. The molecule has 3 rings (SSSR count). The second-order valence-electron chi connectivity index (χ2n) is 5.05. The maximum Gasteiger partial charge on any atom is 0.119 e. The predicted octanol–water partition coefficient (Wildman–Crippen LogP) is 3.76. The molecule has 0 radical (unpaired) electrons. The van der Waals surface area contributed by atoms with Gasteiger partial charge in [-0.3, -0.25) is 0 Å². The standard InChI is InChI=1S/C17H19NOS/c19-17-8-4-7-14-15(17)9-10-16(14)18-11-12-20-13-5-2-1-3-6-13/h1-8,16,18-19H,9-12H2. The van der Waals surface area contributed by atoms with Gasteiger partial charge in [-0.1, -0.05) is 30.3 Å². The first kappa shape index (κ1) is 13.5. The lowest BCUT2D eigenvalue weighted by Crippen LogP contribution is -2.21. The van der Waals surface area contributed by atoms with Crippen LogP contribution in [0.2, 0.25) is 0 Å². The third kappa shape index (κ3) is 3.00. The summed E-state index contributed by atoms with van der Waals surface area (Å²) in [4.78, 5) is 1.32. The van der Waals surface area contributed by atoms with Crippen LogP contribution in [0.25, 0.3) is 0 Å². The van der Waals surface area contributed by atoms with Gasteiger partial charge in [0, 0.05) is 23.2 Å². The highest BCUT2D eigenvalue weighted by Gasteiger charge is 2.23. The summed E-state index contributed by atoms with van der Waals surface area (Å²) in [5.41, 5.74) is 2.40. The minimum atomic E-state index is 0.397. The fraction of sp³-hybridized carbons (Fsp3) is 0.294. The van der Waals surface area contributed by atoms with Gasteiger partial charge in [0.25, 0.3) is 0 Å². The van der Waals surface area contributed by atoms with Crippen molar-refractivity contribution in [3.63, 3.8) is 0 Å². The van der Waals surface area contributed by atoms with Crippen molar-refractivity contribution in [1.82, 2.24) is 5.32 Å². The SMILES string of the molecule is Oc1cccc2c1CCC2NCCSc1ccccc1. The summed E-state index contributed by atoms with van der Waals surface area (Å²) < 4.78 is 0. The maximum atomic E-state index is 9.84. The molecular formula is C17H19NOS. The lowest BCUT2D eigenvalue weighted by molar-refractivity contribution is 0.469. The van der Waals surface area contributed by atoms with Crippen LogP contribution < -0.4 is 5.32 Å². The first-order valence-corrected chi connectivity index (χ1v) is 8.05. The highest BCUT2D eigenvalue weighted by atomic mass is 32.2. The van der Waals surface area contributed by atoms with Crippen LogP contribution in [0.1, 0.15) is 23.6 Å². The predicted molar refractivity (Wildman–Crippen MR) is 84.3 cm³/mol. The molecule has 0 saturated carbocycles. The minimum absolute atomic E-state index is 0.397. The van der Waals surface area contributed by atoms with Crippen molar-refractivity contribution in [2.45, 2.75) is 23.8 Å². The number of phenols is 1. The number of fused-ring (bicyclic) bond motifs is 1. The number of nitrogens with one attached hydrogen (secondary N) is 1. The van der Waals surface area contributed by atoms with E-state index in [4.69, 9.17) is 0 Å². The number of phenolic OH excluding ortho intramolecular Hbond substituents is 1. The van der Waals surface area contributed by atoms with Crippen LogP contribution in [0, 0.1) is 0 Å². The third-order valence-electron chi connectivity index (χ3n) is 3.75. The summed E-state index contributed by atoms with van der Waals surface area (Å²) in [6.45, 7) is 0.985. The molecule has 0 amide bonds. The average molecular weight is 285 g/mol. The van der Waals surface area contributed by atoms with Gasteiger partial charge in [0.05, 0.1) is 0 Å². The van der Waals surface area contributed by atoms with Gasteiger partial charge in [-0.15, -0.1) is 11.8 Å². The van der Waals surface area contributed by atoms with Crippen LogP contribution in [0.5, 0.6) is 5.75 Å². The van der Waals surface area contributed by atoms with Crippen LogP contribution >= 0.6 is 11.8 Å². The Bertz CT molecular complexity index is 570. The molecule has 2 N–H and O–H groups in total. The smallest absolute Gasteiger partial charge is 0.119 e. The van der Waals surface area contributed by atoms with E-state index in [-0.39, 0.29) is 0 Å². The Kier molecular flexibility index (Phi) is 4.28. The minimum Gasteiger partial charge on any atom is -0.508 e. The van der Waals surface area contributed by atoms with Gasteiger partial charge in [0.2, 0.25) is 0 Å². The summed E-state index contributed by atoms with van der Waals surface area (Å²) in [5, 5.41) is 13.4. The second-order valence-corrected chi connectivity index (χ2v) is 6.22. The van der Waals surface area contributed by atoms with Crippen molar-refractivity contribution >= 4 is 11.8 Å². The molecule has 2 aromatic carbocycles. The lowest BCUT2D eigenvalue weighted by atomic mass is 10.1. The quantitative estimate of drug-likeness (QED) is 0.648. The highest BCUT2D eigenvalue weighted by Crippen LogP contribution is 2.36. The maximum absolute atomic E-state index is 9.84. The molecule has 0 aromatic heterocycles. The first-order valence-electron chi connectivity index (χ1n) is 7.06. The Balaban J connectivity index is 1.50. The molecule has 0 spiro atoms. The van der Waals surface area contributed by atoms with E-state index < -0.39 is 0 Å². The van der Waals surface area contributed by atoms with E-state index in [2.05, 4.69) is 35.6 Å². The molecule has 20 heavy (non-hydrogen) atoms. The van der Waals surface area contributed by atoms with Gasteiger partial charge in [-0.25, -0.2) is 0 Å². The number of rotatable bonds is 5. The molecule has 2 aromatic rings. The zero-order valence-corrected chi connectivity index (χ0v) is 12.2. The van der Waals surface area contributed by atoms with Crippen molar-refractivity contribution in [3.05, 3.63) is 59.7 Å². The Morgan fingerprint density at radius 1 is 1.10 bits per heavy atom. The molecule has 0 aliphatic heterocycles. The first-order chi connectivity index (χ1) is 9.84. The summed E-state index contributed by atoms with van der Waals surface area (Å²) >= 11 is 1.88. The van der Waals surface area contributed by atoms with E-state index in [9.17, 15) is 5.11 Å². The Morgan fingerprint density at radius 3 is 2.80 bits per heavy atom. The third-order valence-corrected chi connectivity index (χ3v) is 4.76. The highest BCUT2D eigenvalue weighted by molar-refractivity contribution is 7.99. The number of benzene rings is 2. The topological polar surface area (TPSA) is 32.3 Å². The van der Waals surface area contributed by atoms with Gasteiger partial charge in [-0.05, 0) is 42.2 Å². The van der Waals surface area contributed by atoms with Crippen LogP contribution in [0.4, 0.5) is 0 Å². The van der Waals surface area contributed by atoms with Crippen LogP contribution in [-0.2, 0) is 6.42 Å². The summed E-state index contributed by atoms with van der Waals surface area (Å²) in [5.74, 6) is 1.51. The zero-order chi connectivity index (χ0) is 13.8. The molecule has 2 nitrogen and oxygen atoms in total. The van der Waals surface area contributed by atoms with Crippen LogP contribution in [0.3, 0.4) is 0 Å². The molecule has 1 aliphatic rings. The number of hydrogen-bond donors (Lipinski definition) is 2. The van der Waals surface area contributed by atoms with E-state index >= 15 is 0 Å². The normalized spacial score (nSPS) is 17.1. The van der Waals surface area contributed by atoms with E-state index in [0.29, 0.717) is 11.8 Å². The Morgan fingerprint density at radius 2 is 1.95 bits per heavy atom. The fourth-order valence-corrected chi connectivity index (χ4v) is 3.57. The van der Waals surface area contributed by atoms with E-state index in [0.717, 1.165) is 30.7 Å². The van der Waals surface area contributed by atoms with Crippen molar-refractivity contribution in [2.75, 3.05) is 12.3 Å². The monoisotopic (exact) mass is 285 g/mol. The summed E-state index contributed by atoms with van der Waals surface area (Å²) in [6, 6.07) is 16.7. The molecule has 0 saturated heterocycles. The lowest BCUT2D eigenvalue weighted by Gasteiger charge is -2.14. The van der Waals surface area contributed by atoms with Crippen LogP contribution in [0.15, 0.2) is 53.4 Å². The van der Waals surface area contributed by atoms with Gasteiger partial charge in [0.1, 0.15) is 5.75 Å². The Hall–Kier alpha value is -1.45. The summed E-state index contributed by atoms with van der Waals surface area (Å²) in [6.07, 6.45) is 2.06. The molecule has 1 atom stereocenters. The summed E-state index contributed by atoms with van der Waals surface area (Å²) in [7, 11) is 0. The molecule has 3 heteroatoms. The number of aromatic hydroxyl groups is 1. The number of hydrogen-bond acceptors (Lipinski definition) is 3. The molecule has 104 valence electrons. The van der Waals surface area contributed by atoms with Crippen molar-refractivity contribution < 1.29 is 5.11 Å². The zero-order valence-electron chi connectivity index (χ0n) is 11.4. The van der Waals surface area contributed by atoms with Crippen molar-refractivity contribution in [1.29, 1.82) is 0 Å². The fourth-order valence-electron chi connectivity index (χ4n) is 2.77. The molecule has 1 unspecified atom stereocenters. The Labute approximate surface area is 124 Å². The largest absolute Gasteiger partial charge is 0.508 e. The van der Waals surface area contributed by atoms with Crippen molar-refractivity contribution in [2.24, 2.45) is 0 Å². The van der Waals surface area contributed by atoms with Crippen LogP contribution in [-0.4, -0.2) is 17.4 Å². The molecule has 0 bridgehead atoms. The van der Waals surface area contributed by atoms with Gasteiger partial charge in [-0.2, -0.15) is 0 Å². The molecule has 0 heterocycles. The van der Waals surface area contributed by atoms with Gasteiger partial charge >= 0.3 is 0 Å². The van der Waals surface area contributed by atoms with Crippen molar-refractivity contribution in [3.8, 4) is 5.75 Å². The second kappa shape index (κ2) is 6.33. The number of thioether (sulfide) groups is 1. The van der Waals surface area contributed by atoms with Gasteiger partial charge in [0.15, 0.2) is 0 Å². The molecule has 0 fully saturated rings. The van der Waals surface area contributed by atoms with E-state index in [1.165, 1.54) is 10.5 Å². The average Bonchev–Trinajstić information content (AvgIpc) is 2.90. The molecular weight excluding hydrogens is 266 g/mol. The van der Waals surface area contributed by atoms with E-state index in [1.807, 2.05) is 23.9 Å². The van der Waals surface area contributed by atoms with Gasteiger partial charge < -0.3 is 10.4 Å².